The van der Waals surface area contributed by atoms with E-state index >= 15 is 0 Å². The molecule has 0 aromatic heterocycles. The molecule has 1 aromatic carbocycles. The van der Waals surface area contributed by atoms with Crippen molar-refractivity contribution in [1.29, 1.82) is 0 Å². The van der Waals surface area contributed by atoms with Gasteiger partial charge >= 0.3 is 0 Å². The second-order valence-electron chi connectivity index (χ2n) is 4.82. The topological polar surface area (TPSA) is 24.4 Å². The van der Waals surface area contributed by atoms with Gasteiger partial charge in [-0.05, 0) is 17.5 Å². The van der Waals surface area contributed by atoms with E-state index in [0.717, 1.165) is 11.8 Å². The van der Waals surface area contributed by atoms with Crippen molar-refractivity contribution in [2.24, 2.45) is 10.4 Å². The Hall–Kier alpha value is -1.10. The zero-order chi connectivity index (χ0) is 12.5. The van der Waals surface area contributed by atoms with E-state index in [-0.39, 0.29) is 11.1 Å². The number of amidine groups is 1. The second-order valence-corrected chi connectivity index (χ2v) is 5.79. The molecule has 17 heavy (non-hydrogen) atoms. The molecule has 0 unspecified atom stereocenters. The fraction of sp³-hybridized carbons (Fsp3) is 0.417. The Bertz CT molecular complexity index is 458. The minimum atomic E-state index is -0.599. The fourth-order valence-corrected chi connectivity index (χ4v) is 2.38. The Balaban J connectivity index is 2.09. The highest BCUT2D eigenvalue weighted by Crippen LogP contribution is 2.28. The fourth-order valence-electron chi connectivity index (χ4n) is 1.42. The summed E-state index contributed by atoms with van der Waals surface area (Å²) in [6.45, 7) is 4.99. The summed E-state index contributed by atoms with van der Waals surface area (Å²) in [6, 6.07) is 3.47. The summed E-state index contributed by atoms with van der Waals surface area (Å²) < 4.78 is 26.1. The standard InChI is InChI=1S/C12H14F2N2S/c1-12(2)6-15-11(17-7-12)16-10-4-3-8(13)5-9(10)14/h3-5H,6-7H2,1-2H3,(H,15,16). The number of nitrogens with one attached hydrogen (secondary N) is 1. The molecule has 1 aliphatic rings. The third-order valence-corrected chi connectivity index (χ3v) is 3.85. The van der Waals surface area contributed by atoms with Crippen molar-refractivity contribution in [3.63, 3.8) is 0 Å². The lowest BCUT2D eigenvalue weighted by molar-refractivity contribution is 0.438. The number of rotatable bonds is 1. The Kier molecular flexibility index (Phi) is 3.38. The van der Waals surface area contributed by atoms with Gasteiger partial charge in [-0.3, -0.25) is 4.99 Å². The lowest BCUT2D eigenvalue weighted by Crippen LogP contribution is -2.27. The van der Waals surface area contributed by atoms with Gasteiger partial charge in [0.15, 0.2) is 5.17 Å². The monoisotopic (exact) mass is 256 g/mol. The molecule has 2 rings (SSSR count). The summed E-state index contributed by atoms with van der Waals surface area (Å²) in [7, 11) is 0. The van der Waals surface area contributed by atoms with Crippen LogP contribution in [0.2, 0.25) is 0 Å². The lowest BCUT2D eigenvalue weighted by Gasteiger charge is -2.27. The van der Waals surface area contributed by atoms with Crippen LogP contribution in [0.3, 0.4) is 0 Å². The first-order valence-corrected chi connectivity index (χ1v) is 6.34. The van der Waals surface area contributed by atoms with E-state index in [2.05, 4.69) is 24.2 Å². The molecule has 0 atom stereocenters. The Morgan fingerprint density at radius 2 is 2.12 bits per heavy atom. The molecule has 0 radical (unpaired) electrons. The van der Waals surface area contributed by atoms with Gasteiger partial charge in [0.2, 0.25) is 0 Å². The molecule has 0 bridgehead atoms. The molecule has 0 aliphatic carbocycles. The van der Waals surface area contributed by atoms with Crippen LogP contribution >= 0.6 is 11.8 Å². The molecule has 92 valence electrons. The van der Waals surface area contributed by atoms with Crippen LogP contribution in [-0.4, -0.2) is 17.5 Å². The highest BCUT2D eigenvalue weighted by Gasteiger charge is 2.23. The molecule has 1 heterocycles. The number of hydrogen-bond acceptors (Lipinski definition) is 3. The number of thioether (sulfide) groups is 1. The zero-order valence-corrected chi connectivity index (χ0v) is 10.6. The van der Waals surface area contributed by atoms with Crippen LogP contribution < -0.4 is 5.32 Å². The van der Waals surface area contributed by atoms with E-state index in [0.29, 0.717) is 11.7 Å². The third kappa shape index (κ3) is 3.19. The van der Waals surface area contributed by atoms with Gasteiger partial charge < -0.3 is 5.32 Å². The predicted molar refractivity (Wildman–Crippen MR) is 68.5 cm³/mol. The van der Waals surface area contributed by atoms with Crippen molar-refractivity contribution in [2.45, 2.75) is 13.8 Å². The molecule has 0 saturated carbocycles. The molecule has 1 aromatic rings. The van der Waals surface area contributed by atoms with Crippen LogP contribution in [0.4, 0.5) is 14.5 Å². The summed E-state index contributed by atoms with van der Waals surface area (Å²) >= 11 is 1.56. The van der Waals surface area contributed by atoms with Crippen LogP contribution in [0.5, 0.6) is 0 Å². The van der Waals surface area contributed by atoms with Crippen LogP contribution in [-0.2, 0) is 0 Å². The molecular weight excluding hydrogens is 242 g/mol. The van der Waals surface area contributed by atoms with E-state index in [1.807, 2.05) is 0 Å². The Labute approximate surface area is 104 Å². The van der Waals surface area contributed by atoms with Gasteiger partial charge in [-0.2, -0.15) is 0 Å². The number of nitrogens with zero attached hydrogens (tertiary/aromatic N) is 1. The predicted octanol–water partition coefficient (Wildman–Crippen LogP) is 3.51. The molecule has 0 fully saturated rings. The van der Waals surface area contributed by atoms with Gasteiger partial charge in [0.25, 0.3) is 0 Å². The van der Waals surface area contributed by atoms with E-state index < -0.39 is 11.6 Å². The highest BCUT2D eigenvalue weighted by atomic mass is 32.2. The van der Waals surface area contributed by atoms with Gasteiger partial charge in [-0.15, -0.1) is 0 Å². The maximum atomic E-state index is 13.4. The van der Waals surface area contributed by atoms with Crippen LogP contribution in [0.1, 0.15) is 13.8 Å². The van der Waals surface area contributed by atoms with Crippen molar-refractivity contribution in [3.8, 4) is 0 Å². The largest absolute Gasteiger partial charge is 0.333 e. The van der Waals surface area contributed by atoms with Gasteiger partial charge in [-0.25, -0.2) is 8.78 Å². The first-order valence-electron chi connectivity index (χ1n) is 5.36. The number of benzene rings is 1. The van der Waals surface area contributed by atoms with Gasteiger partial charge in [0, 0.05) is 18.4 Å². The summed E-state index contributed by atoms with van der Waals surface area (Å²) in [4.78, 5) is 4.35. The minimum Gasteiger partial charge on any atom is -0.333 e. The van der Waals surface area contributed by atoms with Crippen molar-refractivity contribution < 1.29 is 8.78 Å². The van der Waals surface area contributed by atoms with Crippen LogP contribution in [0.25, 0.3) is 0 Å². The zero-order valence-electron chi connectivity index (χ0n) is 9.76. The normalized spacial score (nSPS) is 18.7. The summed E-state index contributed by atoms with van der Waals surface area (Å²) in [5.41, 5.74) is 0.439. The average Bonchev–Trinajstić information content (AvgIpc) is 2.25. The Morgan fingerprint density at radius 3 is 2.71 bits per heavy atom. The summed E-state index contributed by atoms with van der Waals surface area (Å²) in [6.07, 6.45) is 0. The molecule has 1 N–H and O–H groups in total. The van der Waals surface area contributed by atoms with E-state index in [1.54, 1.807) is 11.8 Å². The molecule has 0 amide bonds. The number of halogens is 2. The van der Waals surface area contributed by atoms with Crippen molar-refractivity contribution in [3.05, 3.63) is 29.8 Å². The van der Waals surface area contributed by atoms with Crippen LogP contribution in [0, 0.1) is 17.0 Å². The summed E-state index contributed by atoms with van der Waals surface area (Å²) in [5, 5.41) is 3.58. The molecule has 5 heteroatoms. The third-order valence-electron chi connectivity index (χ3n) is 2.42. The van der Waals surface area contributed by atoms with Gasteiger partial charge in [0.05, 0.1) is 5.69 Å². The number of anilines is 1. The number of hydrogen-bond donors (Lipinski definition) is 1. The average molecular weight is 256 g/mol. The van der Waals surface area contributed by atoms with E-state index in [9.17, 15) is 8.78 Å². The lowest BCUT2D eigenvalue weighted by atomic mass is 9.97. The van der Waals surface area contributed by atoms with E-state index in [1.165, 1.54) is 12.1 Å². The maximum absolute atomic E-state index is 13.4. The van der Waals surface area contributed by atoms with Gasteiger partial charge in [-0.1, -0.05) is 25.6 Å². The van der Waals surface area contributed by atoms with Crippen molar-refractivity contribution in [1.82, 2.24) is 0 Å². The molecular formula is C12H14F2N2S. The highest BCUT2D eigenvalue weighted by molar-refractivity contribution is 8.14. The minimum absolute atomic E-state index is 0.178. The molecule has 0 saturated heterocycles. The molecule has 2 nitrogen and oxygen atoms in total. The SMILES string of the molecule is CC1(C)CN=C(Nc2ccc(F)cc2F)SC1. The Morgan fingerprint density at radius 1 is 1.35 bits per heavy atom. The van der Waals surface area contributed by atoms with Crippen LogP contribution in [0.15, 0.2) is 23.2 Å². The van der Waals surface area contributed by atoms with Crippen molar-refractivity contribution >= 4 is 22.6 Å². The van der Waals surface area contributed by atoms with E-state index in [4.69, 9.17) is 0 Å². The quantitative estimate of drug-likeness (QED) is 0.831. The molecule has 0 spiro atoms. The smallest absolute Gasteiger partial charge is 0.161 e. The van der Waals surface area contributed by atoms with Gasteiger partial charge in [0.1, 0.15) is 11.6 Å². The molecule has 1 aliphatic heterocycles. The summed E-state index contributed by atoms with van der Waals surface area (Å²) in [5.74, 6) is -0.243. The first kappa shape index (κ1) is 12.4. The maximum Gasteiger partial charge on any atom is 0.161 e. The number of aliphatic imine (C=N–C) groups is 1. The first-order chi connectivity index (χ1) is 7.96. The van der Waals surface area contributed by atoms with Crippen molar-refractivity contribution in [2.75, 3.05) is 17.6 Å². The second kappa shape index (κ2) is 4.64.